The SMILES string of the molecule is CCC(=O)OS(=O)(=O)Nc1ccccc1-c1onc(C)c1NC(=O)OC(C)c1ccccc1Cl. The quantitative estimate of drug-likeness (QED) is 0.423. The zero-order valence-corrected chi connectivity index (χ0v) is 20.1. The van der Waals surface area contributed by atoms with E-state index < -0.39 is 28.5 Å². The van der Waals surface area contributed by atoms with Crippen LogP contribution in [-0.2, 0) is 24.0 Å². The van der Waals surface area contributed by atoms with Crippen LogP contribution in [0, 0.1) is 6.92 Å². The van der Waals surface area contributed by atoms with E-state index >= 15 is 0 Å². The Morgan fingerprint density at radius 1 is 1.15 bits per heavy atom. The van der Waals surface area contributed by atoms with Gasteiger partial charge >= 0.3 is 22.4 Å². The number of hydrogen-bond donors (Lipinski definition) is 2. The van der Waals surface area contributed by atoms with Crippen molar-refractivity contribution in [1.82, 2.24) is 5.16 Å². The summed E-state index contributed by atoms with van der Waals surface area (Å²) >= 11 is 6.16. The Balaban J connectivity index is 1.84. The van der Waals surface area contributed by atoms with Gasteiger partial charge in [-0.25, -0.2) is 4.79 Å². The van der Waals surface area contributed by atoms with E-state index in [1.54, 1.807) is 56.3 Å². The first-order valence-electron chi connectivity index (χ1n) is 10.1. The van der Waals surface area contributed by atoms with E-state index in [9.17, 15) is 18.0 Å². The third-order valence-electron chi connectivity index (χ3n) is 4.61. The minimum atomic E-state index is -4.44. The molecule has 10 nitrogen and oxygen atoms in total. The van der Waals surface area contributed by atoms with E-state index in [1.165, 1.54) is 13.0 Å². The van der Waals surface area contributed by atoms with Gasteiger partial charge in [-0.3, -0.25) is 14.8 Å². The number of amides is 1. The third-order valence-corrected chi connectivity index (χ3v) is 5.83. The average molecular weight is 508 g/mol. The molecule has 0 aliphatic rings. The molecule has 12 heteroatoms. The minimum Gasteiger partial charge on any atom is -0.441 e. The van der Waals surface area contributed by atoms with Gasteiger partial charge in [0.1, 0.15) is 17.5 Å². The highest BCUT2D eigenvalue weighted by Crippen LogP contribution is 2.36. The second kappa shape index (κ2) is 10.6. The lowest BCUT2D eigenvalue weighted by molar-refractivity contribution is -0.133. The van der Waals surface area contributed by atoms with Crippen LogP contribution in [0.25, 0.3) is 11.3 Å². The molecule has 1 unspecified atom stereocenters. The first-order chi connectivity index (χ1) is 16.1. The summed E-state index contributed by atoms with van der Waals surface area (Å²) in [6.07, 6.45) is -1.56. The number of hydrogen-bond acceptors (Lipinski definition) is 8. The van der Waals surface area contributed by atoms with Crippen LogP contribution in [0.15, 0.2) is 53.1 Å². The van der Waals surface area contributed by atoms with Crippen molar-refractivity contribution in [3.8, 4) is 11.3 Å². The molecule has 0 saturated carbocycles. The molecule has 34 heavy (non-hydrogen) atoms. The van der Waals surface area contributed by atoms with Crippen LogP contribution >= 0.6 is 11.6 Å². The van der Waals surface area contributed by atoms with E-state index in [0.717, 1.165) is 0 Å². The summed E-state index contributed by atoms with van der Waals surface area (Å²) in [6.45, 7) is 4.73. The van der Waals surface area contributed by atoms with Gasteiger partial charge in [0.2, 0.25) is 0 Å². The molecule has 0 fully saturated rings. The first kappa shape index (κ1) is 25.1. The van der Waals surface area contributed by atoms with Gasteiger partial charge in [-0.05, 0) is 32.0 Å². The second-order valence-corrected chi connectivity index (χ2v) is 8.76. The molecule has 0 aliphatic carbocycles. The predicted octanol–water partition coefficient (Wildman–Crippen LogP) is 5.22. The van der Waals surface area contributed by atoms with Gasteiger partial charge in [-0.1, -0.05) is 54.0 Å². The summed E-state index contributed by atoms with van der Waals surface area (Å²) in [7, 11) is -4.44. The summed E-state index contributed by atoms with van der Waals surface area (Å²) < 4.78 is 41.8. The number of halogens is 1. The number of nitrogens with zero attached hydrogens (tertiary/aromatic N) is 1. The monoisotopic (exact) mass is 507 g/mol. The number of carbonyl (C=O) groups is 2. The van der Waals surface area contributed by atoms with Gasteiger partial charge in [0, 0.05) is 22.6 Å². The number of para-hydroxylation sites is 1. The van der Waals surface area contributed by atoms with E-state index in [1.807, 2.05) is 0 Å². The second-order valence-electron chi connectivity index (χ2n) is 7.08. The van der Waals surface area contributed by atoms with Crippen LogP contribution in [-0.4, -0.2) is 25.6 Å². The number of aromatic nitrogens is 1. The van der Waals surface area contributed by atoms with Crippen molar-refractivity contribution >= 4 is 45.3 Å². The molecule has 0 spiro atoms. The van der Waals surface area contributed by atoms with Crippen LogP contribution in [0.3, 0.4) is 0 Å². The van der Waals surface area contributed by atoms with Crippen LogP contribution < -0.4 is 10.0 Å². The smallest absolute Gasteiger partial charge is 0.412 e. The largest absolute Gasteiger partial charge is 0.441 e. The fourth-order valence-electron chi connectivity index (χ4n) is 2.97. The Morgan fingerprint density at radius 2 is 1.82 bits per heavy atom. The van der Waals surface area contributed by atoms with E-state index in [0.29, 0.717) is 16.3 Å². The molecule has 3 aromatic rings. The first-order valence-corrected chi connectivity index (χ1v) is 11.9. The molecule has 3 rings (SSSR count). The van der Waals surface area contributed by atoms with Crippen molar-refractivity contribution in [2.75, 3.05) is 10.0 Å². The molecule has 0 radical (unpaired) electrons. The van der Waals surface area contributed by atoms with Gasteiger partial charge in [0.15, 0.2) is 5.76 Å². The maximum absolute atomic E-state index is 12.6. The van der Waals surface area contributed by atoms with E-state index in [2.05, 4.69) is 19.4 Å². The molecule has 2 aromatic carbocycles. The number of carbonyl (C=O) groups excluding carboxylic acids is 2. The van der Waals surface area contributed by atoms with Crippen molar-refractivity contribution in [1.29, 1.82) is 0 Å². The fraction of sp³-hybridized carbons (Fsp3) is 0.227. The Bertz CT molecular complexity index is 1310. The van der Waals surface area contributed by atoms with Crippen molar-refractivity contribution in [3.63, 3.8) is 0 Å². The number of anilines is 2. The zero-order valence-electron chi connectivity index (χ0n) is 18.5. The fourth-order valence-corrected chi connectivity index (χ4v) is 4.11. The Kier molecular flexibility index (Phi) is 7.79. The number of rotatable bonds is 8. The standard InChI is InChI=1S/C22H22ClN3O7S/c1-4-19(27)33-34(29,30)26-18-12-8-6-10-16(18)21-20(13(2)25-32-21)24-22(28)31-14(3)15-9-5-7-11-17(15)23/h5-12,14,26H,4H2,1-3H3,(H,24,28). The summed E-state index contributed by atoms with van der Waals surface area (Å²) in [6, 6.07) is 13.1. The summed E-state index contributed by atoms with van der Waals surface area (Å²) in [5.74, 6) is -0.849. The molecule has 1 atom stereocenters. The Morgan fingerprint density at radius 3 is 2.53 bits per heavy atom. The number of ether oxygens (including phenoxy) is 1. The summed E-state index contributed by atoms with van der Waals surface area (Å²) in [5, 5.41) is 6.91. The minimum absolute atomic E-state index is 0.0448. The highest BCUT2D eigenvalue weighted by molar-refractivity contribution is 7.88. The lowest BCUT2D eigenvalue weighted by atomic mass is 10.1. The van der Waals surface area contributed by atoms with E-state index in [4.69, 9.17) is 20.9 Å². The predicted molar refractivity (Wildman–Crippen MR) is 126 cm³/mol. The highest BCUT2D eigenvalue weighted by atomic mass is 35.5. The van der Waals surface area contributed by atoms with Crippen LogP contribution in [0.4, 0.5) is 16.2 Å². The van der Waals surface area contributed by atoms with E-state index in [-0.39, 0.29) is 29.1 Å². The van der Waals surface area contributed by atoms with Crippen molar-refractivity contribution in [3.05, 3.63) is 64.8 Å². The number of nitrogens with one attached hydrogen (secondary N) is 2. The van der Waals surface area contributed by atoms with Gasteiger partial charge in [-0.2, -0.15) is 8.42 Å². The molecule has 0 aliphatic heterocycles. The Labute approximate surface area is 201 Å². The summed E-state index contributed by atoms with van der Waals surface area (Å²) in [5.41, 5.74) is 1.42. The molecule has 0 saturated heterocycles. The highest BCUT2D eigenvalue weighted by Gasteiger charge is 2.24. The van der Waals surface area contributed by atoms with Crippen LogP contribution in [0.1, 0.15) is 37.6 Å². The molecule has 1 aromatic heterocycles. The van der Waals surface area contributed by atoms with Gasteiger partial charge < -0.3 is 13.4 Å². The van der Waals surface area contributed by atoms with Crippen molar-refractivity contribution in [2.45, 2.75) is 33.3 Å². The molecule has 1 amide bonds. The molecular weight excluding hydrogens is 486 g/mol. The normalized spacial score (nSPS) is 12.0. The van der Waals surface area contributed by atoms with Crippen LogP contribution in [0.2, 0.25) is 5.02 Å². The molecule has 2 N–H and O–H groups in total. The number of benzene rings is 2. The zero-order chi connectivity index (χ0) is 24.9. The number of aryl methyl sites for hydroxylation is 1. The maximum Gasteiger partial charge on any atom is 0.412 e. The van der Waals surface area contributed by atoms with Gasteiger partial charge in [-0.15, -0.1) is 0 Å². The average Bonchev–Trinajstić information content (AvgIpc) is 3.13. The van der Waals surface area contributed by atoms with Crippen LogP contribution in [0.5, 0.6) is 0 Å². The lowest BCUT2D eigenvalue weighted by Crippen LogP contribution is -2.20. The lowest BCUT2D eigenvalue weighted by Gasteiger charge is -2.16. The van der Waals surface area contributed by atoms with Gasteiger partial charge in [0.05, 0.1) is 5.69 Å². The Hall–Kier alpha value is -3.57. The molecule has 180 valence electrons. The maximum atomic E-state index is 12.6. The van der Waals surface area contributed by atoms with Crippen molar-refractivity contribution < 1.29 is 31.4 Å². The van der Waals surface area contributed by atoms with Gasteiger partial charge in [0.25, 0.3) is 0 Å². The third kappa shape index (κ3) is 6.06. The molecule has 1 heterocycles. The summed E-state index contributed by atoms with van der Waals surface area (Å²) in [4.78, 5) is 24.0. The van der Waals surface area contributed by atoms with Crippen molar-refractivity contribution in [2.24, 2.45) is 0 Å². The molecule has 0 bridgehead atoms. The topological polar surface area (TPSA) is 137 Å². The molecular formula is C22H22ClN3O7S.